The zero-order chi connectivity index (χ0) is 12.3. The van der Waals surface area contributed by atoms with Gasteiger partial charge in [0.25, 0.3) is 5.69 Å². The molecule has 17 heavy (non-hydrogen) atoms. The molecule has 4 nitrogen and oxygen atoms in total. The lowest BCUT2D eigenvalue weighted by Crippen LogP contribution is -1.92. The largest absolute Gasteiger partial charge is 0.269 e. The topological polar surface area (TPSA) is 56.0 Å². The van der Waals surface area contributed by atoms with E-state index in [0.29, 0.717) is 12.3 Å². The molecule has 0 radical (unpaired) electrons. The van der Waals surface area contributed by atoms with Crippen LogP contribution in [0.15, 0.2) is 29.6 Å². The molecular formula is C11H9ClN2O2S. The summed E-state index contributed by atoms with van der Waals surface area (Å²) in [6.45, 7) is 0. The van der Waals surface area contributed by atoms with Crippen LogP contribution in [-0.2, 0) is 12.3 Å². The van der Waals surface area contributed by atoms with Crippen LogP contribution in [0.3, 0.4) is 0 Å². The minimum atomic E-state index is -0.393. The quantitative estimate of drug-likeness (QED) is 0.485. The minimum Gasteiger partial charge on any atom is -0.258 e. The number of nitrogens with zero attached hydrogens (tertiary/aromatic N) is 2. The second-order valence-corrected chi connectivity index (χ2v) is 4.68. The van der Waals surface area contributed by atoms with E-state index in [4.69, 9.17) is 11.6 Å². The van der Waals surface area contributed by atoms with Crippen molar-refractivity contribution >= 4 is 28.6 Å². The molecule has 0 saturated carbocycles. The van der Waals surface area contributed by atoms with Crippen molar-refractivity contribution in [2.45, 2.75) is 12.3 Å². The van der Waals surface area contributed by atoms with Gasteiger partial charge in [-0.2, -0.15) is 0 Å². The standard InChI is InChI=1S/C11H9ClN2O2S/c12-6-9-7-17-11(13-9)5-8-2-1-3-10(4-8)14(15)16/h1-4,7H,5-6H2. The first-order chi connectivity index (χ1) is 8.19. The second kappa shape index (κ2) is 5.25. The van der Waals surface area contributed by atoms with E-state index >= 15 is 0 Å². The van der Waals surface area contributed by atoms with Gasteiger partial charge in [-0.1, -0.05) is 12.1 Å². The molecule has 1 heterocycles. The SMILES string of the molecule is O=[N+]([O-])c1cccc(Cc2nc(CCl)cs2)c1. The lowest BCUT2D eigenvalue weighted by molar-refractivity contribution is -0.384. The molecule has 0 N–H and O–H groups in total. The Morgan fingerprint density at radius 1 is 1.47 bits per heavy atom. The highest BCUT2D eigenvalue weighted by molar-refractivity contribution is 7.09. The van der Waals surface area contributed by atoms with Crippen LogP contribution in [0, 0.1) is 10.1 Å². The van der Waals surface area contributed by atoms with Gasteiger partial charge in [-0.25, -0.2) is 4.98 Å². The fourth-order valence-electron chi connectivity index (χ4n) is 1.45. The third-order valence-electron chi connectivity index (χ3n) is 2.21. The number of aromatic nitrogens is 1. The summed E-state index contributed by atoms with van der Waals surface area (Å²) in [5, 5.41) is 13.5. The Hall–Kier alpha value is -1.46. The Labute approximate surface area is 107 Å². The fourth-order valence-corrected chi connectivity index (χ4v) is 2.50. The second-order valence-electron chi connectivity index (χ2n) is 3.47. The van der Waals surface area contributed by atoms with E-state index in [-0.39, 0.29) is 5.69 Å². The molecule has 2 aromatic rings. The molecule has 0 fully saturated rings. The van der Waals surface area contributed by atoms with Crippen molar-refractivity contribution in [2.75, 3.05) is 0 Å². The molecule has 0 unspecified atom stereocenters. The van der Waals surface area contributed by atoms with Crippen molar-refractivity contribution in [1.29, 1.82) is 0 Å². The maximum absolute atomic E-state index is 10.6. The number of thiazole rings is 1. The molecule has 88 valence electrons. The first kappa shape index (κ1) is 12.0. The van der Waals surface area contributed by atoms with Gasteiger partial charge >= 0.3 is 0 Å². The molecule has 0 amide bonds. The van der Waals surface area contributed by atoms with E-state index in [1.165, 1.54) is 17.4 Å². The summed E-state index contributed by atoms with van der Waals surface area (Å²) < 4.78 is 0. The average molecular weight is 269 g/mol. The van der Waals surface area contributed by atoms with Crippen LogP contribution in [0.4, 0.5) is 5.69 Å². The van der Waals surface area contributed by atoms with Crippen LogP contribution < -0.4 is 0 Å². The Bertz CT molecular complexity index is 542. The molecule has 0 saturated heterocycles. The van der Waals surface area contributed by atoms with Gasteiger partial charge in [0.1, 0.15) is 0 Å². The Balaban J connectivity index is 2.18. The Kier molecular flexibility index (Phi) is 3.71. The zero-order valence-corrected chi connectivity index (χ0v) is 10.4. The molecule has 0 atom stereocenters. The summed E-state index contributed by atoms with van der Waals surface area (Å²) in [6, 6.07) is 6.59. The van der Waals surface area contributed by atoms with E-state index in [0.717, 1.165) is 16.3 Å². The molecule has 0 aliphatic heterocycles. The predicted octanol–water partition coefficient (Wildman–Crippen LogP) is 3.38. The number of alkyl halides is 1. The van der Waals surface area contributed by atoms with Gasteiger partial charge < -0.3 is 0 Å². The number of benzene rings is 1. The molecule has 0 spiro atoms. The number of rotatable bonds is 4. The van der Waals surface area contributed by atoms with E-state index in [2.05, 4.69) is 4.98 Å². The Morgan fingerprint density at radius 2 is 2.29 bits per heavy atom. The summed E-state index contributed by atoms with van der Waals surface area (Å²) in [5.74, 6) is 0.394. The number of non-ortho nitro benzene ring substituents is 1. The van der Waals surface area contributed by atoms with Crippen LogP contribution in [0.5, 0.6) is 0 Å². The van der Waals surface area contributed by atoms with E-state index in [1.807, 2.05) is 11.4 Å². The summed E-state index contributed by atoms with van der Waals surface area (Å²) in [4.78, 5) is 14.6. The highest BCUT2D eigenvalue weighted by Crippen LogP contribution is 2.19. The molecule has 1 aromatic heterocycles. The maximum atomic E-state index is 10.6. The summed E-state index contributed by atoms with van der Waals surface area (Å²) >= 11 is 7.18. The van der Waals surface area contributed by atoms with Crippen LogP contribution in [0.25, 0.3) is 0 Å². The smallest absolute Gasteiger partial charge is 0.258 e. The lowest BCUT2D eigenvalue weighted by Gasteiger charge is -1.97. The van der Waals surface area contributed by atoms with Crippen LogP contribution in [-0.4, -0.2) is 9.91 Å². The van der Waals surface area contributed by atoms with E-state index < -0.39 is 4.92 Å². The molecule has 2 rings (SSSR count). The van der Waals surface area contributed by atoms with Gasteiger partial charge in [-0.05, 0) is 5.56 Å². The average Bonchev–Trinajstić information content (AvgIpc) is 2.77. The first-order valence-corrected chi connectivity index (χ1v) is 6.33. The van der Waals surface area contributed by atoms with Crippen LogP contribution in [0.1, 0.15) is 16.3 Å². The van der Waals surface area contributed by atoms with Crippen LogP contribution >= 0.6 is 22.9 Å². The third-order valence-corrected chi connectivity index (χ3v) is 3.38. The molecule has 0 bridgehead atoms. The van der Waals surface area contributed by atoms with Gasteiger partial charge in [0, 0.05) is 23.9 Å². The number of nitro groups is 1. The van der Waals surface area contributed by atoms with Crippen molar-refractivity contribution in [1.82, 2.24) is 4.98 Å². The molecule has 1 aromatic carbocycles. The number of nitro benzene ring substituents is 1. The zero-order valence-electron chi connectivity index (χ0n) is 8.80. The van der Waals surface area contributed by atoms with Crippen molar-refractivity contribution in [3.05, 3.63) is 56.0 Å². The number of hydrogen-bond acceptors (Lipinski definition) is 4. The van der Waals surface area contributed by atoms with E-state index in [9.17, 15) is 10.1 Å². The van der Waals surface area contributed by atoms with E-state index in [1.54, 1.807) is 12.1 Å². The molecule has 6 heteroatoms. The maximum Gasteiger partial charge on any atom is 0.269 e. The predicted molar refractivity (Wildman–Crippen MR) is 67.6 cm³/mol. The normalized spacial score (nSPS) is 10.4. The van der Waals surface area contributed by atoms with Gasteiger partial charge in [0.2, 0.25) is 0 Å². The van der Waals surface area contributed by atoms with Gasteiger partial charge in [0.05, 0.1) is 21.5 Å². The van der Waals surface area contributed by atoms with Gasteiger partial charge in [0.15, 0.2) is 0 Å². The summed E-state index contributed by atoms with van der Waals surface area (Å²) in [6.07, 6.45) is 0.600. The number of halogens is 1. The Morgan fingerprint density at radius 3 is 2.94 bits per heavy atom. The summed E-state index contributed by atoms with van der Waals surface area (Å²) in [5.41, 5.74) is 1.84. The van der Waals surface area contributed by atoms with Crippen molar-refractivity contribution in [2.24, 2.45) is 0 Å². The first-order valence-electron chi connectivity index (χ1n) is 4.91. The third kappa shape index (κ3) is 3.01. The minimum absolute atomic E-state index is 0.108. The summed E-state index contributed by atoms with van der Waals surface area (Å²) in [7, 11) is 0. The monoisotopic (exact) mass is 268 g/mol. The molecule has 0 aliphatic carbocycles. The highest BCUT2D eigenvalue weighted by atomic mass is 35.5. The fraction of sp³-hybridized carbons (Fsp3) is 0.182. The highest BCUT2D eigenvalue weighted by Gasteiger charge is 2.07. The van der Waals surface area contributed by atoms with Crippen molar-refractivity contribution in [3.8, 4) is 0 Å². The van der Waals surface area contributed by atoms with Crippen molar-refractivity contribution < 1.29 is 4.92 Å². The molecular weight excluding hydrogens is 260 g/mol. The van der Waals surface area contributed by atoms with Gasteiger partial charge in [-0.15, -0.1) is 22.9 Å². The van der Waals surface area contributed by atoms with Gasteiger partial charge in [-0.3, -0.25) is 10.1 Å². The van der Waals surface area contributed by atoms with Crippen LogP contribution in [0.2, 0.25) is 0 Å². The van der Waals surface area contributed by atoms with Crippen molar-refractivity contribution in [3.63, 3.8) is 0 Å². The number of hydrogen-bond donors (Lipinski definition) is 0. The lowest BCUT2D eigenvalue weighted by atomic mass is 10.1. The molecule has 0 aliphatic rings.